The Bertz CT molecular complexity index is 638. The number of carbonyl (C=O) groups excluding carboxylic acids is 1. The van der Waals surface area contributed by atoms with E-state index in [4.69, 9.17) is 10.5 Å². The van der Waals surface area contributed by atoms with Gasteiger partial charge in [-0.2, -0.15) is 0 Å². The first-order valence-electron chi connectivity index (χ1n) is 6.55. The summed E-state index contributed by atoms with van der Waals surface area (Å²) in [4.78, 5) is 16.0. The van der Waals surface area contributed by atoms with Gasteiger partial charge in [0.25, 0.3) is 0 Å². The summed E-state index contributed by atoms with van der Waals surface area (Å²) in [5.41, 5.74) is 7.64. The Morgan fingerprint density at radius 3 is 2.76 bits per heavy atom. The smallest absolute Gasteiger partial charge is 0.338 e. The van der Waals surface area contributed by atoms with Gasteiger partial charge in [-0.05, 0) is 18.1 Å². The Labute approximate surface area is 127 Å². The first-order valence-corrected chi connectivity index (χ1v) is 7.43. The Morgan fingerprint density at radius 2 is 2.14 bits per heavy atom. The molecule has 0 fully saturated rings. The van der Waals surface area contributed by atoms with Crippen LogP contribution in [-0.2, 0) is 11.3 Å². The van der Waals surface area contributed by atoms with Crippen LogP contribution in [0, 0.1) is 0 Å². The van der Waals surface area contributed by atoms with E-state index in [9.17, 15) is 4.79 Å². The number of rotatable bonds is 5. The maximum atomic E-state index is 11.5. The molecule has 2 rings (SSSR count). The predicted molar refractivity (Wildman–Crippen MR) is 82.7 cm³/mol. The van der Waals surface area contributed by atoms with Crippen molar-refractivity contribution in [1.29, 1.82) is 0 Å². The second-order valence-corrected chi connectivity index (χ2v) is 5.83. The second kappa shape index (κ2) is 6.58. The highest BCUT2D eigenvalue weighted by Gasteiger charge is 2.10. The van der Waals surface area contributed by atoms with Gasteiger partial charge in [-0.25, -0.2) is 9.78 Å². The number of nitrogens with zero attached hydrogens (tertiary/aromatic N) is 1. The van der Waals surface area contributed by atoms with Crippen LogP contribution in [-0.4, -0.2) is 18.1 Å². The van der Waals surface area contributed by atoms with Crippen molar-refractivity contribution in [3.8, 4) is 5.75 Å². The van der Waals surface area contributed by atoms with Crippen LogP contribution in [0.1, 0.15) is 40.8 Å². The highest BCUT2D eigenvalue weighted by atomic mass is 32.1. The van der Waals surface area contributed by atoms with Crippen molar-refractivity contribution in [2.75, 3.05) is 12.8 Å². The standard InChI is InChI=1S/C15H18N2O3S/c1-9(2)13-8-21-14(17-13)7-20-12-5-10(15(18)19-3)4-11(16)6-12/h4-6,8-9H,7,16H2,1-3H3. The van der Waals surface area contributed by atoms with E-state index in [0.29, 0.717) is 29.5 Å². The number of hydrogen-bond donors (Lipinski definition) is 1. The summed E-state index contributed by atoms with van der Waals surface area (Å²) in [6.45, 7) is 4.54. The Morgan fingerprint density at radius 1 is 1.38 bits per heavy atom. The third kappa shape index (κ3) is 3.95. The quantitative estimate of drug-likeness (QED) is 0.678. The SMILES string of the molecule is COC(=O)c1cc(N)cc(OCc2nc(C(C)C)cs2)c1. The Kier molecular flexibility index (Phi) is 4.80. The minimum Gasteiger partial charge on any atom is -0.486 e. The minimum atomic E-state index is -0.441. The van der Waals surface area contributed by atoms with Crippen LogP contribution >= 0.6 is 11.3 Å². The average Bonchev–Trinajstić information content (AvgIpc) is 2.93. The molecule has 2 aromatic rings. The van der Waals surface area contributed by atoms with Crippen molar-refractivity contribution >= 4 is 23.0 Å². The van der Waals surface area contributed by atoms with Crippen LogP contribution in [0.3, 0.4) is 0 Å². The summed E-state index contributed by atoms with van der Waals surface area (Å²) in [5, 5.41) is 2.92. The van der Waals surface area contributed by atoms with Gasteiger partial charge in [-0.3, -0.25) is 0 Å². The molecule has 2 N–H and O–H groups in total. The Balaban J connectivity index is 2.08. The van der Waals surface area contributed by atoms with Gasteiger partial charge in [0, 0.05) is 17.1 Å². The second-order valence-electron chi connectivity index (χ2n) is 4.89. The lowest BCUT2D eigenvalue weighted by Gasteiger charge is -2.07. The van der Waals surface area contributed by atoms with Crippen molar-refractivity contribution < 1.29 is 14.3 Å². The minimum absolute atomic E-state index is 0.349. The van der Waals surface area contributed by atoms with Crippen LogP contribution in [0.5, 0.6) is 5.75 Å². The molecule has 1 aromatic heterocycles. The van der Waals surface area contributed by atoms with Crippen LogP contribution in [0.15, 0.2) is 23.6 Å². The van der Waals surface area contributed by atoms with Crippen LogP contribution in [0.4, 0.5) is 5.69 Å². The van der Waals surface area contributed by atoms with E-state index in [1.807, 2.05) is 5.38 Å². The maximum absolute atomic E-state index is 11.5. The van der Waals surface area contributed by atoms with Gasteiger partial charge in [-0.15, -0.1) is 11.3 Å². The molecule has 0 unspecified atom stereocenters. The number of esters is 1. The van der Waals surface area contributed by atoms with Gasteiger partial charge >= 0.3 is 5.97 Å². The number of nitrogen functional groups attached to an aromatic ring is 1. The number of thiazole rings is 1. The zero-order valence-corrected chi connectivity index (χ0v) is 13.1. The number of ether oxygens (including phenoxy) is 2. The first-order chi connectivity index (χ1) is 9.99. The molecule has 0 saturated carbocycles. The summed E-state index contributed by atoms with van der Waals surface area (Å²) in [7, 11) is 1.33. The van der Waals surface area contributed by atoms with Gasteiger partial charge in [0.1, 0.15) is 17.4 Å². The maximum Gasteiger partial charge on any atom is 0.338 e. The highest BCUT2D eigenvalue weighted by molar-refractivity contribution is 7.09. The van der Waals surface area contributed by atoms with Gasteiger partial charge < -0.3 is 15.2 Å². The van der Waals surface area contributed by atoms with E-state index < -0.39 is 5.97 Å². The molecule has 0 radical (unpaired) electrons. The topological polar surface area (TPSA) is 74.4 Å². The molecule has 0 bridgehead atoms. The van der Waals surface area contributed by atoms with Gasteiger partial charge in [0.05, 0.1) is 18.4 Å². The van der Waals surface area contributed by atoms with E-state index in [2.05, 4.69) is 23.6 Å². The monoisotopic (exact) mass is 306 g/mol. The molecule has 112 valence electrons. The number of aromatic nitrogens is 1. The third-order valence-corrected chi connectivity index (χ3v) is 3.71. The number of methoxy groups -OCH3 is 1. The van der Waals surface area contributed by atoms with E-state index in [1.54, 1.807) is 29.5 Å². The lowest BCUT2D eigenvalue weighted by molar-refractivity contribution is 0.0600. The van der Waals surface area contributed by atoms with E-state index in [1.165, 1.54) is 7.11 Å². The number of hydrogen-bond acceptors (Lipinski definition) is 6. The summed E-state index contributed by atoms with van der Waals surface area (Å²) >= 11 is 1.56. The average molecular weight is 306 g/mol. The van der Waals surface area contributed by atoms with E-state index in [-0.39, 0.29) is 0 Å². The van der Waals surface area contributed by atoms with Gasteiger partial charge in [-0.1, -0.05) is 13.8 Å². The molecule has 0 aliphatic heterocycles. The van der Waals surface area contributed by atoms with Crippen LogP contribution in [0.2, 0.25) is 0 Å². The molecule has 0 atom stereocenters. The molecule has 1 heterocycles. The molecular formula is C15H18N2O3S. The number of carbonyl (C=O) groups is 1. The zero-order chi connectivity index (χ0) is 15.4. The largest absolute Gasteiger partial charge is 0.486 e. The molecule has 21 heavy (non-hydrogen) atoms. The number of anilines is 1. The fourth-order valence-electron chi connectivity index (χ4n) is 1.74. The molecule has 0 amide bonds. The van der Waals surface area contributed by atoms with Crippen molar-refractivity contribution in [1.82, 2.24) is 4.98 Å². The Hall–Kier alpha value is -2.08. The summed E-state index contributed by atoms with van der Waals surface area (Å²) in [6.07, 6.45) is 0. The fraction of sp³-hybridized carbons (Fsp3) is 0.333. The predicted octanol–water partition coefficient (Wildman–Crippen LogP) is 3.21. The molecule has 0 spiro atoms. The fourth-order valence-corrected chi connectivity index (χ4v) is 2.61. The van der Waals surface area contributed by atoms with Crippen LogP contribution < -0.4 is 10.5 Å². The van der Waals surface area contributed by atoms with Crippen molar-refractivity contribution in [3.05, 3.63) is 39.8 Å². The van der Waals surface area contributed by atoms with Crippen molar-refractivity contribution in [2.24, 2.45) is 0 Å². The number of nitrogens with two attached hydrogens (primary N) is 1. The molecule has 1 aromatic carbocycles. The van der Waals surface area contributed by atoms with E-state index in [0.717, 1.165) is 10.7 Å². The molecular weight excluding hydrogens is 288 g/mol. The first kappa shape index (κ1) is 15.3. The van der Waals surface area contributed by atoms with Crippen molar-refractivity contribution in [3.63, 3.8) is 0 Å². The normalized spacial score (nSPS) is 10.7. The summed E-state index contributed by atoms with van der Waals surface area (Å²) in [6, 6.07) is 4.83. The van der Waals surface area contributed by atoms with Crippen LogP contribution in [0.25, 0.3) is 0 Å². The highest BCUT2D eigenvalue weighted by Crippen LogP contribution is 2.22. The molecule has 0 aliphatic carbocycles. The summed E-state index contributed by atoms with van der Waals surface area (Å²) < 4.78 is 10.3. The zero-order valence-electron chi connectivity index (χ0n) is 12.3. The van der Waals surface area contributed by atoms with Gasteiger partial charge in [0.2, 0.25) is 0 Å². The molecule has 6 heteroatoms. The molecule has 0 saturated heterocycles. The van der Waals surface area contributed by atoms with E-state index >= 15 is 0 Å². The molecule has 0 aliphatic rings. The molecule has 5 nitrogen and oxygen atoms in total. The van der Waals surface area contributed by atoms with Crippen molar-refractivity contribution in [2.45, 2.75) is 26.4 Å². The lowest BCUT2D eigenvalue weighted by Crippen LogP contribution is -2.04. The number of benzene rings is 1. The third-order valence-electron chi connectivity index (χ3n) is 2.87. The lowest BCUT2D eigenvalue weighted by atomic mass is 10.2. The van der Waals surface area contributed by atoms with Gasteiger partial charge in [0.15, 0.2) is 0 Å². The summed E-state index contributed by atoms with van der Waals surface area (Å²) in [5.74, 6) is 0.480.